The first-order chi connectivity index (χ1) is 12.8. The van der Waals surface area contributed by atoms with Crippen LogP contribution in [0.15, 0.2) is 12.1 Å². The average Bonchev–Trinajstić information content (AvgIpc) is 2.64. The Balaban J connectivity index is 1.83. The Morgan fingerprint density at radius 2 is 1.96 bits per heavy atom. The van der Waals surface area contributed by atoms with Crippen LogP contribution in [-0.2, 0) is 27.3 Å². The van der Waals surface area contributed by atoms with Crippen molar-refractivity contribution in [1.82, 2.24) is 4.72 Å². The molecule has 5 nitrogen and oxygen atoms in total. The lowest BCUT2D eigenvalue weighted by Crippen LogP contribution is -2.42. The van der Waals surface area contributed by atoms with E-state index in [4.69, 9.17) is 25.8 Å². The van der Waals surface area contributed by atoms with E-state index in [1.807, 2.05) is 32.9 Å². The number of rotatable bonds is 6. The molecule has 2 atom stereocenters. The standard InChI is InChI=1S/C20H30ClNO4S/c1-20(2,3)27(23)22-17(7-8-19-25-10-5-11-26-19)16-12-14(21)13-18-15(16)6-4-9-24-18/h12-13,17,19,22H,4-11H2,1-3H3. The van der Waals surface area contributed by atoms with Gasteiger partial charge in [-0.2, -0.15) is 0 Å². The molecule has 1 aromatic carbocycles. The molecule has 0 radical (unpaired) electrons. The van der Waals surface area contributed by atoms with Gasteiger partial charge in [-0.1, -0.05) is 11.6 Å². The van der Waals surface area contributed by atoms with Crippen LogP contribution in [0.1, 0.15) is 63.6 Å². The zero-order valence-corrected chi connectivity index (χ0v) is 18.0. The second kappa shape index (κ2) is 9.33. The van der Waals surface area contributed by atoms with Gasteiger partial charge >= 0.3 is 0 Å². The van der Waals surface area contributed by atoms with Crippen molar-refractivity contribution in [3.05, 3.63) is 28.3 Å². The summed E-state index contributed by atoms with van der Waals surface area (Å²) >= 11 is 5.17. The third-order valence-electron chi connectivity index (χ3n) is 4.81. The number of nitrogens with one attached hydrogen (secondary N) is 1. The second-order valence-corrected chi connectivity index (χ2v) is 10.5. The fourth-order valence-electron chi connectivity index (χ4n) is 3.36. The van der Waals surface area contributed by atoms with Crippen LogP contribution in [0.25, 0.3) is 0 Å². The van der Waals surface area contributed by atoms with Gasteiger partial charge in [-0.15, -0.1) is 4.72 Å². The van der Waals surface area contributed by atoms with E-state index in [0.29, 0.717) is 11.6 Å². The van der Waals surface area contributed by atoms with Crippen LogP contribution >= 0.6 is 11.6 Å². The number of hydrogen-bond acceptors (Lipinski definition) is 5. The molecule has 2 aliphatic rings. The predicted molar refractivity (Wildman–Crippen MR) is 109 cm³/mol. The summed E-state index contributed by atoms with van der Waals surface area (Å²) in [6.45, 7) is 8.09. The van der Waals surface area contributed by atoms with Crippen LogP contribution in [0, 0.1) is 0 Å². The maximum Gasteiger partial charge on any atom is 0.157 e. The third kappa shape index (κ3) is 5.75. The lowest BCUT2D eigenvalue weighted by Gasteiger charge is -2.31. The van der Waals surface area contributed by atoms with E-state index >= 15 is 0 Å². The molecule has 2 heterocycles. The lowest BCUT2D eigenvalue weighted by atomic mass is 9.93. The Kier molecular flexibility index (Phi) is 7.33. The van der Waals surface area contributed by atoms with E-state index in [9.17, 15) is 4.55 Å². The Labute approximate surface area is 170 Å². The average molecular weight is 416 g/mol. The number of ether oxygens (including phenoxy) is 3. The topological polar surface area (TPSA) is 62.8 Å². The largest absolute Gasteiger partial charge is 0.598 e. The van der Waals surface area contributed by atoms with Crippen molar-refractivity contribution in [2.24, 2.45) is 0 Å². The smallest absolute Gasteiger partial charge is 0.157 e. The van der Waals surface area contributed by atoms with Gasteiger partial charge in [0.05, 0.1) is 25.9 Å². The molecule has 7 heteroatoms. The fourth-order valence-corrected chi connectivity index (χ4v) is 4.43. The van der Waals surface area contributed by atoms with Crippen molar-refractivity contribution in [2.45, 2.75) is 70.0 Å². The summed E-state index contributed by atoms with van der Waals surface area (Å²) < 4.78 is 33.0. The lowest BCUT2D eigenvalue weighted by molar-refractivity contribution is -0.182. The SMILES string of the molecule is CC(C)(C)[S+]([O-])NC(CCC1OCCCO1)c1cc(Cl)cc2c1CCCO2. The highest BCUT2D eigenvalue weighted by Crippen LogP contribution is 2.37. The van der Waals surface area contributed by atoms with Gasteiger partial charge < -0.3 is 18.8 Å². The molecule has 0 aromatic heterocycles. The first-order valence-electron chi connectivity index (χ1n) is 9.71. The summed E-state index contributed by atoms with van der Waals surface area (Å²) in [6, 6.07) is 3.76. The van der Waals surface area contributed by atoms with E-state index < -0.39 is 11.4 Å². The maximum absolute atomic E-state index is 12.8. The Bertz CT molecular complexity index is 631. The van der Waals surface area contributed by atoms with Crippen molar-refractivity contribution in [1.29, 1.82) is 0 Å². The minimum atomic E-state index is -1.20. The highest BCUT2D eigenvalue weighted by Gasteiger charge is 2.32. The summed E-state index contributed by atoms with van der Waals surface area (Å²) in [6.07, 6.45) is 4.15. The molecule has 0 spiro atoms. The van der Waals surface area contributed by atoms with Crippen molar-refractivity contribution in [3.8, 4) is 5.75 Å². The van der Waals surface area contributed by atoms with Gasteiger partial charge in [-0.3, -0.25) is 0 Å². The minimum Gasteiger partial charge on any atom is -0.598 e. The van der Waals surface area contributed by atoms with Gasteiger partial charge in [0.25, 0.3) is 0 Å². The van der Waals surface area contributed by atoms with Gasteiger partial charge in [0.2, 0.25) is 0 Å². The van der Waals surface area contributed by atoms with Crippen molar-refractivity contribution < 1.29 is 18.8 Å². The molecular formula is C20H30ClNO4S. The normalized spacial score (nSPS) is 20.6. The van der Waals surface area contributed by atoms with E-state index in [1.54, 1.807) is 0 Å². The molecule has 152 valence electrons. The van der Waals surface area contributed by atoms with E-state index in [1.165, 1.54) is 5.56 Å². The Morgan fingerprint density at radius 3 is 2.67 bits per heavy atom. The van der Waals surface area contributed by atoms with Gasteiger partial charge in [0.1, 0.15) is 10.5 Å². The zero-order chi connectivity index (χ0) is 19.4. The van der Waals surface area contributed by atoms with Crippen LogP contribution in [0.5, 0.6) is 5.75 Å². The number of benzene rings is 1. The Hall–Kier alpha value is -0.500. The number of fused-ring (bicyclic) bond motifs is 1. The predicted octanol–water partition coefficient (Wildman–Crippen LogP) is 4.30. The molecule has 1 fully saturated rings. The quantitative estimate of drug-likeness (QED) is 0.701. The van der Waals surface area contributed by atoms with Crippen molar-refractivity contribution in [2.75, 3.05) is 19.8 Å². The van der Waals surface area contributed by atoms with Crippen LogP contribution in [-0.4, -0.2) is 35.4 Å². The van der Waals surface area contributed by atoms with Crippen molar-refractivity contribution >= 4 is 23.0 Å². The highest BCUT2D eigenvalue weighted by molar-refractivity contribution is 7.90. The van der Waals surface area contributed by atoms with Gasteiger partial charge in [0, 0.05) is 22.8 Å². The zero-order valence-electron chi connectivity index (χ0n) is 16.4. The summed E-state index contributed by atoms with van der Waals surface area (Å²) in [5.74, 6) is 0.849. The van der Waals surface area contributed by atoms with Crippen LogP contribution < -0.4 is 9.46 Å². The van der Waals surface area contributed by atoms with Crippen molar-refractivity contribution in [3.63, 3.8) is 0 Å². The van der Waals surface area contributed by atoms with E-state index in [-0.39, 0.29) is 17.1 Å². The van der Waals surface area contributed by atoms with Gasteiger partial charge in [-0.05, 0) is 69.7 Å². The molecule has 1 N–H and O–H groups in total. The highest BCUT2D eigenvalue weighted by atomic mass is 35.5. The molecule has 0 saturated carbocycles. The summed E-state index contributed by atoms with van der Waals surface area (Å²) in [5, 5.41) is 0.643. The first-order valence-corrected chi connectivity index (χ1v) is 11.2. The maximum atomic E-state index is 12.8. The van der Waals surface area contributed by atoms with Crippen LogP contribution in [0.3, 0.4) is 0 Å². The summed E-state index contributed by atoms with van der Waals surface area (Å²) in [5.41, 5.74) is 2.24. The molecule has 1 aromatic rings. The summed E-state index contributed by atoms with van der Waals surface area (Å²) in [4.78, 5) is 0. The van der Waals surface area contributed by atoms with E-state index in [0.717, 1.165) is 56.6 Å². The monoisotopic (exact) mass is 415 g/mol. The molecule has 3 rings (SSSR count). The van der Waals surface area contributed by atoms with Gasteiger partial charge in [-0.25, -0.2) is 0 Å². The van der Waals surface area contributed by atoms with Crippen LogP contribution in [0.2, 0.25) is 5.02 Å². The molecule has 0 bridgehead atoms. The first kappa shape index (κ1) is 21.2. The van der Waals surface area contributed by atoms with E-state index in [2.05, 4.69) is 4.72 Å². The molecule has 1 saturated heterocycles. The fraction of sp³-hybridized carbons (Fsp3) is 0.700. The molecular weight excluding hydrogens is 386 g/mol. The minimum absolute atomic E-state index is 0.103. The molecule has 27 heavy (non-hydrogen) atoms. The second-order valence-electron chi connectivity index (χ2n) is 8.08. The molecule has 2 aliphatic heterocycles. The number of halogens is 1. The molecule has 0 aliphatic carbocycles. The number of hydrogen-bond donors (Lipinski definition) is 1. The third-order valence-corrected chi connectivity index (χ3v) is 6.63. The van der Waals surface area contributed by atoms with Crippen LogP contribution in [0.4, 0.5) is 0 Å². The molecule has 2 unspecified atom stereocenters. The Morgan fingerprint density at radius 1 is 1.22 bits per heavy atom. The van der Waals surface area contributed by atoms with Gasteiger partial charge in [0.15, 0.2) is 6.29 Å². The summed E-state index contributed by atoms with van der Waals surface area (Å²) in [7, 11) is 0. The molecule has 0 amide bonds.